The average molecular weight is 200 g/mol. The van der Waals surface area contributed by atoms with Crippen molar-refractivity contribution in [2.45, 2.75) is 32.4 Å². The molecule has 0 aliphatic carbocycles. The van der Waals surface area contributed by atoms with Crippen LogP contribution >= 0.6 is 11.6 Å². The lowest BCUT2D eigenvalue weighted by molar-refractivity contribution is 0.474. The third-order valence-corrected chi connectivity index (χ3v) is 2.83. The van der Waals surface area contributed by atoms with Gasteiger partial charge in [-0.3, -0.25) is 4.68 Å². The highest BCUT2D eigenvalue weighted by molar-refractivity contribution is 6.31. The minimum atomic E-state index is 0.579. The molecule has 2 rings (SSSR count). The zero-order valence-corrected chi connectivity index (χ0v) is 8.51. The van der Waals surface area contributed by atoms with Gasteiger partial charge in [-0.15, -0.1) is 0 Å². The van der Waals surface area contributed by atoms with E-state index in [-0.39, 0.29) is 0 Å². The molecule has 1 saturated heterocycles. The lowest BCUT2D eigenvalue weighted by Gasteiger charge is -2.09. The summed E-state index contributed by atoms with van der Waals surface area (Å²) in [6, 6.07) is 0.579. The molecule has 2 heterocycles. The first-order valence-electron chi connectivity index (χ1n) is 4.68. The zero-order chi connectivity index (χ0) is 9.26. The second-order valence-electron chi connectivity index (χ2n) is 3.58. The molecule has 1 N–H and O–H groups in total. The molecule has 1 atom stereocenters. The number of aryl methyl sites for hydroxylation is 1. The molecule has 0 aromatic carbocycles. The maximum Gasteiger partial charge on any atom is 0.0814 e. The van der Waals surface area contributed by atoms with Gasteiger partial charge in [0.15, 0.2) is 0 Å². The van der Waals surface area contributed by atoms with E-state index in [2.05, 4.69) is 10.4 Å². The smallest absolute Gasteiger partial charge is 0.0814 e. The molecule has 1 unspecified atom stereocenters. The third kappa shape index (κ3) is 2.03. The van der Waals surface area contributed by atoms with E-state index in [9.17, 15) is 0 Å². The van der Waals surface area contributed by atoms with Crippen molar-refractivity contribution in [1.29, 1.82) is 0 Å². The van der Waals surface area contributed by atoms with Crippen molar-refractivity contribution < 1.29 is 0 Å². The van der Waals surface area contributed by atoms with Crippen LogP contribution in [0.2, 0.25) is 5.02 Å². The average Bonchev–Trinajstić information content (AvgIpc) is 2.64. The fourth-order valence-electron chi connectivity index (χ4n) is 1.73. The summed E-state index contributed by atoms with van der Waals surface area (Å²) >= 11 is 5.91. The summed E-state index contributed by atoms with van der Waals surface area (Å²) in [5.41, 5.74) is 0.916. The highest BCUT2D eigenvalue weighted by Crippen LogP contribution is 2.14. The molecule has 1 aromatic heterocycles. The van der Waals surface area contributed by atoms with Gasteiger partial charge in [-0.25, -0.2) is 0 Å². The molecule has 0 spiro atoms. The van der Waals surface area contributed by atoms with E-state index < -0.39 is 0 Å². The Hall–Kier alpha value is -0.540. The SMILES string of the molecule is Cc1nn(CC2CCCN2)cc1Cl. The Labute approximate surface area is 83.1 Å². The van der Waals surface area contributed by atoms with Crippen molar-refractivity contribution in [1.82, 2.24) is 15.1 Å². The van der Waals surface area contributed by atoms with E-state index in [0.717, 1.165) is 23.8 Å². The number of halogens is 1. The highest BCUT2D eigenvalue weighted by Gasteiger charge is 2.15. The number of nitrogens with zero attached hydrogens (tertiary/aromatic N) is 2. The molecule has 1 aromatic rings. The Bertz CT molecular complexity index is 270. The van der Waals surface area contributed by atoms with Crippen LogP contribution < -0.4 is 5.32 Å². The van der Waals surface area contributed by atoms with E-state index in [1.54, 1.807) is 0 Å². The minimum Gasteiger partial charge on any atom is -0.312 e. The van der Waals surface area contributed by atoms with Crippen LogP contribution in [-0.2, 0) is 6.54 Å². The van der Waals surface area contributed by atoms with Crippen LogP contribution in [0.4, 0.5) is 0 Å². The molecule has 4 heteroatoms. The summed E-state index contributed by atoms with van der Waals surface area (Å²) in [6.45, 7) is 4.01. The lowest BCUT2D eigenvalue weighted by atomic mass is 10.2. The van der Waals surface area contributed by atoms with Crippen molar-refractivity contribution in [3.63, 3.8) is 0 Å². The van der Waals surface area contributed by atoms with Gasteiger partial charge in [-0.05, 0) is 26.3 Å². The molecule has 1 aliphatic heterocycles. The number of rotatable bonds is 2. The van der Waals surface area contributed by atoms with Crippen LogP contribution in [0.3, 0.4) is 0 Å². The fraction of sp³-hybridized carbons (Fsp3) is 0.667. The molecule has 0 bridgehead atoms. The lowest BCUT2D eigenvalue weighted by Crippen LogP contribution is -2.26. The zero-order valence-electron chi connectivity index (χ0n) is 7.76. The van der Waals surface area contributed by atoms with E-state index >= 15 is 0 Å². The van der Waals surface area contributed by atoms with Gasteiger partial charge in [0.2, 0.25) is 0 Å². The van der Waals surface area contributed by atoms with Gasteiger partial charge >= 0.3 is 0 Å². The molecule has 0 radical (unpaired) electrons. The first-order valence-corrected chi connectivity index (χ1v) is 5.06. The summed E-state index contributed by atoms with van der Waals surface area (Å²) < 4.78 is 1.93. The Morgan fingerprint density at radius 3 is 3.15 bits per heavy atom. The van der Waals surface area contributed by atoms with Gasteiger partial charge in [0, 0.05) is 12.2 Å². The Kier molecular flexibility index (Phi) is 2.56. The van der Waals surface area contributed by atoms with Crippen molar-refractivity contribution in [2.75, 3.05) is 6.54 Å². The molecular formula is C9H14ClN3. The summed E-state index contributed by atoms with van der Waals surface area (Å²) in [4.78, 5) is 0. The van der Waals surface area contributed by atoms with Crippen LogP contribution in [0, 0.1) is 6.92 Å². The van der Waals surface area contributed by atoms with Gasteiger partial charge in [-0.1, -0.05) is 11.6 Å². The molecule has 0 saturated carbocycles. The van der Waals surface area contributed by atoms with Crippen LogP contribution in [0.25, 0.3) is 0 Å². The van der Waals surface area contributed by atoms with Gasteiger partial charge < -0.3 is 5.32 Å². The Morgan fingerprint density at radius 1 is 1.77 bits per heavy atom. The van der Waals surface area contributed by atoms with Crippen LogP contribution in [-0.4, -0.2) is 22.4 Å². The number of aromatic nitrogens is 2. The molecule has 0 amide bonds. The van der Waals surface area contributed by atoms with Crippen LogP contribution in [0.15, 0.2) is 6.20 Å². The van der Waals surface area contributed by atoms with Crippen molar-refractivity contribution in [3.05, 3.63) is 16.9 Å². The normalized spacial score (nSPS) is 22.5. The predicted octanol–water partition coefficient (Wildman–Crippen LogP) is 1.60. The van der Waals surface area contributed by atoms with E-state index in [4.69, 9.17) is 11.6 Å². The van der Waals surface area contributed by atoms with Gasteiger partial charge in [0.25, 0.3) is 0 Å². The topological polar surface area (TPSA) is 29.9 Å². The maximum atomic E-state index is 5.91. The molecule has 1 fully saturated rings. The van der Waals surface area contributed by atoms with E-state index in [0.29, 0.717) is 6.04 Å². The van der Waals surface area contributed by atoms with Gasteiger partial charge in [0.1, 0.15) is 0 Å². The molecule has 1 aliphatic rings. The third-order valence-electron chi connectivity index (χ3n) is 2.46. The molecule has 13 heavy (non-hydrogen) atoms. The standard InChI is InChI=1S/C9H14ClN3/c1-7-9(10)6-13(12-7)5-8-3-2-4-11-8/h6,8,11H,2-5H2,1H3. The Balaban J connectivity index is 2.00. The largest absolute Gasteiger partial charge is 0.312 e. The predicted molar refractivity (Wildman–Crippen MR) is 53.0 cm³/mol. The van der Waals surface area contributed by atoms with Gasteiger partial charge in [-0.2, -0.15) is 5.10 Å². The molecular weight excluding hydrogens is 186 g/mol. The second-order valence-corrected chi connectivity index (χ2v) is 3.98. The summed E-state index contributed by atoms with van der Waals surface area (Å²) in [7, 11) is 0. The van der Waals surface area contributed by atoms with Crippen molar-refractivity contribution >= 4 is 11.6 Å². The molecule has 3 nitrogen and oxygen atoms in total. The molecule has 72 valence electrons. The maximum absolute atomic E-state index is 5.91. The number of hydrogen-bond donors (Lipinski definition) is 1. The highest BCUT2D eigenvalue weighted by atomic mass is 35.5. The fourth-order valence-corrected chi connectivity index (χ4v) is 1.88. The van der Waals surface area contributed by atoms with Crippen LogP contribution in [0.5, 0.6) is 0 Å². The summed E-state index contributed by atoms with van der Waals surface area (Å²) in [5.74, 6) is 0. The first kappa shape index (κ1) is 9.03. The Morgan fingerprint density at radius 2 is 2.62 bits per heavy atom. The van der Waals surface area contributed by atoms with Crippen molar-refractivity contribution in [2.24, 2.45) is 0 Å². The second kappa shape index (κ2) is 3.68. The number of hydrogen-bond acceptors (Lipinski definition) is 2. The summed E-state index contributed by atoms with van der Waals surface area (Å²) in [6.07, 6.45) is 4.42. The number of nitrogens with one attached hydrogen (secondary N) is 1. The van der Waals surface area contributed by atoms with E-state index in [1.165, 1.54) is 12.8 Å². The van der Waals surface area contributed by atoms with E-state index in [1.807, 2.05) is 17.8 Å². The van der Waals surface area contributed by atoms with Crippen LogP contribution in [0.1, 0.15) is 18.5 Å². The monoisotopic (exact) mass is 199 g/mol. The summed E-state index contributed by atoms with van der Waals surface area (Å²) in [5, 5.41) is 8.51. The minimum absolute atomic E-state index is 0.579. The van der Waals surface area contributed by atoms with Gasteiger partial charge in [0.05, 0.1) is 17.3 Å². The quantitative estimate of drug-likeness (QED) is 0.784. The van der Waals surface area contributed by atoms with Crippen molar-refractivity contribution in [3.8, 4) is 0 Å². The first-order chi connectivity index (χ1) is 6.25.